The maximum absolute atomic E-state index is 14.7. The van der Waals surface area contributed by atoms with E-state index in [4.69, 9.17) is 4.74 Å². The minimum absolute atomic E-state index is 0.261. The number of H-pyrrole nitrogens is 1. The molecule has 1 aliphatic rings. The first-order chi connectivity index (χ1) is 12.4. The normalized spacial score (nSPS) is 20.6. The molecule has 0 radical (unpaired) electrons. The lowest BCUT2D eigenvalue weighted by atomic mass is 9.72. The molecule has 2 atom stereocenters. The third-order valence-electron chi connectivity index (χ3n) is 5.19. The zero-order valence-corrected chi connectivity index (χ0v) is 15.4. The fourth-order valence-electron chi connectivity index (χ4n) is 3.97. The fraction of sp³-hybridized carbons (Fsp3) is 0.300. The van der Waals surface area contributed by atoms with Gasteiger partial charge in [0.05, 0.1) is 12.4 Å². The molecule has 0 saturated carbocycles. The first-order valence-corrected chi connectivity index (χ1v) is 10.1. The summed E-state index contributed by atoms with van der Waals surface area (Å²) < 4.78 is 45.5. The second-order valence-electron chi connectivity index (χ2n) is 6.95. The molecule has 0 amide bonds. The SMILES string of the molecule is CS(=O)Cc1cccc2c(C3(C)CCOc4cc(F)cc(F)c43)c[nH]c12. The molecule has 2 unspecified atom stereocenters. The van der Waals surface area contributed by atoms with E-state index in [-0.39, 0.29) is 5.75 Å². The Bertz CT molecular complexity index is 1030. The highest BCUT2D eigenvalue weighted by atomic mass is 32.2. The number of hydrogen-bond donors (Lipinski definition) is 1. The Morgan fingerprint density at radius 2 is 2.12 bits per heavy atom. The van der Waals surface area contributed by atoms with Crippen molar-refractivity contribution in [1.82, 2.24) is 4.98 Å². The summed E-state index contributed by atoms with van der Waals surface area (Å²) in [5.74, 6) is -0.524. The molecule has 2 heterocycles. The minimum atomic E-state index is -0.963. The summed E-state index contributed by atoms with van der Waals surface area (Å²) in [6, 6.07) is 8.00. The van der Waals surface area contributed by atoms with Crippen LogP contribution in [0.3, 0.4) is 0 Å². The number of hydrogen-bond acceptors (Lipinski definition) is 2. The Morgan fingerprint density at radius 3 is 2.88 bits per heavy atom. The summed E-state index contributed by atoms with van der Waals surface area (Å²) in [7, 11) is -0.963. The monoisotopic (exact) mass is 375 g/mol. The van der Waals surface area contributed by atoms with Gasteiger partial charge in [-0.25, -0.2) is 8.78 Å². The van der Waals surface area contributed by atoms with Crippen molar-refractivity contribution in [1.29, 1.82) is 0 Å². The molecule has 6 heteroatoms. The highest BCUT2D eigenvalue weighted by molar-refractivity contribution is 7.83. The molecule has 0 saturated heterocycles. The lowest BCUT2D eigenvalue weighted by Crippen LogP contribution is -2.32. The van der Waals surface area contributed by atoms with Crippen LogP contribution in [0.15, 0.2) is 36.5 Å². The number of para-hydroxylation sites is 1. The molecular weight excluding hydrogens is 356 g/mol. The topological polar surface area (TPSA) is 42.1 Å². The molecule has 0 fully saturated rings. The molecule has 0 spiro atoms. The van der Waals surface area contributed by atoms with Crippen molar-refractivity contribution in [3.8, 4) is 5.75 Å². The van der Waals surface area contributed by atoms with Gasteiger partial charge in [-0.05, 0) is 17.5 Å². The van der Waals surface area contributed by atoms with Crippen LogP contribution in [0.5, 0.6) is 5.75 Å². The number of fused-ring (bicyclic) bond motifs is 2. The van der Waals surface area contributed by atoms with Gasteiger partial charge in [0.15, 0.2) is 0 Å². The van der Waals surface area contributed by atoms with Gasteiger partial charge in [-0.15, -0.1) is 0 Å². The Balaban J connectivity index is 1.93. The first kappa shape index (κ1) is 17.2. The van der Waals surface area contributed by atoms with Gasteiger partial charge in [0, 0.05) is 57.3 Å². The van der Waals surface area contributed by atoms with E-state index in [0.717, 1.165) is 28.1 Å². The van der Waals surface area contributed by atoms with Crippen molar-refractivity contribution in [3.63, 3.8) is 0 Å². The van der Waals surface area contributed by atoms with E-state index >= 15 is 0 Å². The number of rotatable bonds is 3. The van der Waals surface area contributed by atoms with E-state index in [2.05, 4.69) is 4.98 Å². The van der Waals surface area contributed by atoms with Gasteiger partial charge in [0.1, 0.15) is 17.4 Å². The number of aromatic amines is 1. The smallest absolute Gasteiger partial charge is 0.133 e. The first-order valence-electron chi connectivity index (χ1n) is 8.42. The number of aromatic nitrogens is 1. The fourth-order valence-corrected chi connectivity index (χ4v) is 4.65. The van der Waals surface area contributed by atoms with Crippen LogP contribution in [0.4, 0.5) is 8.78 Å². The average molecular weight is 375 g/mol. The molecule has 1 aromatic heterocycles. The van der Waals surface area contributed by atoms with E-state index < -0.39 is 27.8 Å². The van der Waals surface area contributed by atoms with E-state index in [0.29, 0.717) is 24.3 Å². The Labute approximate surface area is 152 Å². The summed E-state index contributed by atoms with van der Waals surface area (Å²) in [5.41, 5.74) is 2.55. The maximum Gasteiger partial charge on any atom is 0.133 e. The summed E-state index contributed by atoms with van der Waals surface area (Å²) in [6.45, 7) is 2.35. The Kier molecular flexibility index (Phi) is 4.10. The number of nitrogens with one attached hydrogen (secondary N) is 1. The molecule has 26 heavy (non-hydrogen) atoms. The van der Waals surface area contributed by atoms with Gasteiger partial charge in [-0.1, -0.05) is 25.1 Å². The lowest BCUT2D eigenvalue weighted by molar-refractivity contribution is 0.236. The highest BCUT2D eigenvalue weighted by Crippen LogP contribution is 2.47. The highest BCUT2D eigenvalue weighted by Gasteiger charge is 2.39. The Hall–Kier alpha value is -2.21. The molecule has 1 N–H and O–H groups in total. The van der Waals surface area contributed by atoms with Crippen molar-refractivity contribution in [2.24, 2.45) is 0 Å². The van der Waals surface area contributed by atoms with Crippen molar-refractivity contribution >= 4 is 21.7 Å². The van der Waals surface area contributed by atoms with Crippen LogP contribution in [0, 0.1) is 11.6 Å². The minimum Gasteiger partial charge on any atom is -0.493 e. The van der Waals surface area contributed by atoms with Crippen molar-refractivity contribution in [2.45, 2.75) is 24.5 Å². The van der Waals surface area contributed by atoms with Crippen LogP contribution in [-0.2, 0) is 22.0 Å². The molecule has 0 bridgehead atoms. The summed E-state index contributed by atoms with van der Waals surface area (Å²) in [6.07, 6.45) is 4.13. The zero-order chi connectivity index (χ0) is 18.5. The van der Waals surface area contributed by atoms with E-state index in [1.807, 2.05) is 31.3 Å². The van der Waals surface area contributed by atoms with Crippen molar-refractivity contribution in [2.75, 3.05) is 12.9 Å². The predicted octanol–water partition coefficient (Wildman–Crippen LogP) is 4.41. The third kappa shape index (κ3) is 2.63. The standard InChI is InChI=1S/C20H19F2NO2S/c1-20(6-7-25-17-9-13(21)8-16(22)18(17)20)15-10-23-19-12(11-26(2)24)4-3-5-14(15)19/h3-5,8-10,23H,6-7,11H2,1-2H3. The zero-order valence-electron chi connectivity index (χ0n) is 14.6. The lowest BCUT2D eigenvalue weighted by Gasteiger charge is -2.36. The van der Waals surface area contributed by atoms with Crippen LogP contribution in [0.1, 0.15) is 30.0 Å². The molecule has 4 rings (SSSR count). The predicted molar refractivity (Wildman–Crippen MR) is 99.0 cm³/mol. The van der Waals surface area contributed by atoms with E-state index in [9.17, 15) is 13.0 Å². The van der Waals surface area contributed by atoms with Gasteiger partial charge < -0.3 is 9.72 Å². The molecular formula is C20H19F2NO2S. The van der Waals surface area contributed by atoms with E-state index in [1.54, 1.807) is 6.26 Å². The number of benzene rings is 2. The van der Waals surface area contributed by atoms with Crippen LogP contribution in [0.25, 0.3) is 10.9 Å². The van der Waals surface area contributed by atoms with Gasteiger partial charge in [0.2, 0.25) is 0 Å². The maximum atomic E-state index is 14.7. The molecule has 1 aliphatic heterocycles. The van der Waals surface area contributed by atoms with Crippen molar-refractivity contribution < 1.29 is 17.7 Å². The van der Waals surface area contributed by atoms with E-state index in [1.165, 1.54) is 6.07 Å². The molecule has 136 valence electrons. The summed E-state index contributed by atoms with van der Waals surface area (Å²) >= 11 is 0. The van der Waals surface area contributed by atoms with Crippen LogP contribution in [-0.4, -0.2) is 22.1 Å². The van der Waals surface area contributed by atoms with Crippen LogP contribution >= 0.6 is 0 Å². The van der Waals surface area contributed by atoms with Gasteiger partial charge in [-0.2, -0.15) is 0 Å². The summed E-state index contributed by atoms with van der Waals surface area (Å²) in [4.78, 5) is 3.27. The van der Waals surface area contributed by atoms with Gasteiger partial charge in [-0.3, -0.25) is 4.21 Å². The molecule has 3 aromatic rings. The second-order valence-corrected chi connectivity index (χ2v) is 8.39. The van der Waals surface area contributed by atoms with Gasteiger partial charge in [0.25, 0.3) is 0 Å². The average Bonchev–Trinajstić information content (AvgIpc) is 2.99. The quantitative estimate of drug-likeness (QED) is 0.737. The number of ether oxygens (including phenoxy) is 1. The largest absolute Gasteiger partial charge is 0.493 e. The molecule has 0 aliphatic carbocycles. The van der Waals surface area contributed by atoms with Crippen LogP contribution < -0.4 is 4.74 Å². The summed E-state index contributed by atoms with van der Waals surface area (Å²) in [5, 5.41) is 0.965. The van der Waals surface area contributed by atoms with Crippen molar-refractivity contribution in [3.05, 3.63) is 64.9 Å². The number of halogens is 2. The Morgan fingerprint density at radius 1 is 1.31 bits per heavy atom. The third-order valence-corrected chi connectivity index (χ3v) is 5.90. The molecule has 2 aromatic carbocycles. The molecule has 3 nitrogen and oxygen atoms in total. The van der Waals surface area contributed by atoms with Crippen LogP contribution in [0.2, 0.25) is 0 Å². The second kappa shape index (κ2) is 6.20. The van der Waals surface area contributed by atoms with Gasteiger partial charge >= 0.3 is 0 Å².